The highest BCUT2D eigenvalue weighted by molar-refractivity contribution is 6.01. The lowest BCUT2D eigenvalue weighted by Gasteiger charge is -2.25. The number of nitrogens with zero attached hydrogens (tertiary/aromatic N) is 4. The van der Waals surface area contributed by atoms with E-state index in [2.05, 4.69) is 134 Å². The lowest BCUT2D eigenvalue weighted by Crippen LogP contribution is -2.22. The van der Waals surface area contributed by atoms with E-state index < -0.39 is 0 Å². The van der Waals surface area contributed by atoms with Gasteiger partial charge in [0.15, 0.2) is 0 Å². The SMILES string of the molecule is CCN(CC)c1ccc(/C=C\C2=NN(c3ccccc3)[C@H](c3ccc(N(CC)CC)cc3)C2)cc1. The van der Waals surface area contributed by atoms with Crippen molar-refractivity contribution in [2.24, 2.45) is 5.10 Å². The highest BCUT2D eigenvalue weighted by Gasteiger charge is 2.28. The van der Waals surface area contributed by atoms with Crippen LogP contribution in [0.4, 0.5) is 17.1 Å². The second-order valence-electron chi connectivity index (χ2n) is 8.85. The van der Waals surface area contributed by atoms with Gasteiger partial charge in [-0.15, -0.1) is 0 Å². The quantitative estimate of drug-likeness (QED) is 0.311. The minimum absolute atomic E-state index is 0.188. The summed E-state index contributed by atoms with van der Waals surface area (Å²) in [5, 5.41) is 7.21. The molecular weight excluding hydrogens is 428 g/mol. The first-order chi connectivity index (χ1) is 17.2. The summed E-state index contributed by atoms with van der Waals surface area (Å²) < 4.78 is 0. The number of hydrogen-bond acceptors (Lipinski definition) is 4. The molecule has 0 aliphatic carbocycles. The van der Waals surface area contributed by atoms with E-state index in [-0.39, 0.29) is 6.04 Å². The van der Waals surface area contributed by atoms with E-state index in [0.29, 0.717) is 0 Å². The minimum Gasteiger partial charge on any atom is -0.372 e. The van der Waals surface area contributed by atoms with Crippen LogP contribution in [0.5, 0.6) is 0 Å². The molecule has 1 atom stereocenters. The molecule has 4 nitrogen and oxygen atoms in total. The van der Waals surface area contributed by atoms with Gasteiger partial charge in [0.25, 0.3) is 0 Å². The standard InChI is InChI=1S/C31H38N4/c1-5-33(6-2)28-20-15-25(16-21-28)14-19-27-24-31(35(32-27)30-12-10-9-11-13-30)26-17-22-29(23-18-26)34(7-3)8-4/h9-23,31H,5-8,24H2,1-4H3/b19-14-/t31-/m0/s1. The van der Waals surface area contributed by atoms with Crippen molar-refractivity contribution in [3.05, 3.63) is 96.1 Å². The van der Waals surface area contributed by atoms with Crippen molar-refractivity contribution in [3.8, 4) is 0 Å². The molecule has 3 aromatic rings. The van der Waals surface area contributed by atoms with Gasteiger partial charge in [0.1, 0.15) is 0 Å². The van der Waals surface area contributed by atoms with Gasteiger partial charge in [-0.1, -0.05) is 48.5 Å². The molecule has 3 aromatic carbocycles. The van der Waals surface area contributed by atoms with Crippen LogP contribution >= 0.6 is 0 Å². The third kappa shape index (κ3) is 5.76. The first-order valence-corrected chi connectivity index (χ1v) is 13.0. The Balaban J connectivity index is 1.55. The Hall–Kier alpha value is -3.53. The van der Waals surface area contributed by atoms with Crippen molar-refractivity contribution in [1.29, 1.82) is 0 Å². The molecule has 4 heteroatoms. The van der Waals surface area contributed by atoms with E-state index >= 15 is 0 Å². The molecule has 0 saturated carbocycles. The maximum atomic E-state index is 5.04. The predicted molar refractivity (Wildman–Crippen MR) is 153 cm³/mol. The average molecular weight is 467 g/mol. The molecule has 35 heavy (non-hydrogen) atoms. The van der Waals surface area contributed by atoms with Crippen LogP contribution in [0.25, 0.3) is 6.08 Å². The van der Waals surface area contributed by atoms with Crippen LogP contribution in [0.3, 0.4) is 0 Å². The first-order valence-electron chi connectivity index (χ1n) is 13.0. The predicted octanol–water partition coefficient (Wildman–Crippen LogP) is 7.40. The largest absolute Gasteiger partial charge is 0.372 e. The van der Waals surface area contributed by atoms with Crippen molar-refractivity contribution >= 4 is 28.8 Å². The van der Waals surface area contributed by atoms with E-state index in [4.69, 9.17) is 5.10 Å². The van der Waals surface area contributed by atoms with Crippen LogP contribution in [0.2, 0.25) is 0 Å². The number of allylic oxidation sites excluding steroid dienone is 1. The zero-order valence-corrected chi connectivity index (χ0v) is 21.6. The molecule has 1 heterocycles. The zero-order chi connectivity index (χ0) is 24.6. The Labute approximate surface area is 211 Å². The summed E-state index contributed by atoms with van der Waals surface area (Å²) in [4.78, 5) is 4.74. The van der Waals surface area contributed by atoms with Crippen LogP contribution in [0.15, 0.2) is 90.0 Å². The fraction of sp³-hybridized carbons (Fsp3) is 0.323. The molecule has 0 radical (unpaired) electrons. The third-order valence-electron chi connectivity index (χ3n) is 6.85. The minimum atomic E-state index is 0.188. The molecule has 0 saturated heterocycles. The summed E-state index contributed by atoms with van der Waals surface area (Å²) in [5.74, 6) is 0. The molecule has 0 bridgehead atoms. The summed E-state index contributed by atoms with van der Waals surface area (Å²) in [5.41, 5.74) is 7.25. The smallest absolute Gasteiger partial charge is 0.0831 e. The van der Waals surface area contributed by atoms with Gasteiger partial charge >= 0.3 is 0 Å². The molecule has 0 N–H and O–H groups in total. The number of para-hydroxylation sites is 1. The zero-order valence-electron chi connectivity index (χ0n) is 21.6. The van der Waals surface area contributed by atoms with Gasteiger partial charge < -0.3 is 9.80 Å². The number of hydrogen-bond donors (Lipinski definition) is 0. The molecule has 0 unspecified atom stereocenters. The van der Waals surface area contributed by atoms with Gasteiger partial charge in [0.05, 0.1) is 17.4 Å². The van der Waals surface area contributed by atoms with E-state index in [0.717, 1.165) is 44.0 Å². The number of rotatable bonds is 10. The first kappa shape index (κ1) is 24.6. The maximum absolute atomic E-state index is 5.04. The maximum Gasteiger partial charge on any atom is 0.0831 e. The van der Waals surface area contributed by atoms with Crippen LogP contribution in [-0.2, 0) is 0 Å². The second-order valence-corrected chi connectivity index (χ2v) is 8.85. The van der Waals surface area contributed by atoms with Crippen LogP contribution in [-0.4, -0.2) is 31.9 Å². The lowest BCUT2D eigenvalue weighted by atomic mass is 10.00. The van der Waals surface area contributed by atoms with Gasteiger partial charge in [0, 0.05) is 44.0 Å². The van der Waals surface area contributed by atoms with Crippen molar-refractivity contribution in [2.45, 2.75) is 40.2 Å². The Kier molecular flexibility index (Phi) is 8.25. The Morgan fingerprint density at radius 3 is 1.80 bits per heavy atom. The lowest BCUT2D eigenvalue weighted by molar-refractivity contribution is 0.709. The van der Waals surface area contributed by atoms with Crippen LogP contribution in [0, 0.1) is 0 Å². The van der Waals surface area contributed by atoms with Gasteiger partial charge in [-0.25, -0.2) is 0 Å². The molecule has 1 aliphatic rings. The molecule has 4 rings (SSSR count). The topological polar surface area (TPSA) is 22.1 Å². The van der Waals surface area contributed by atoms with Crippen molar-refractivity contribution in [3.63, 3.8) is 0 Å². The van der Waals surface area contributed by atoms with E-state index in [1.807, 2.05) is 0 Å². The van der Waals surface area contributed by atoms with Gasteiger partial charge in [-0.05, 0) is 81.3 Å². The molecule has 0 amide bonds. The third-order valence-corrected chi connectivity index (χ3v) is 6.85. The second kappa shape index (κ2) is 11.7. The fourth-order valence-corrected chi connectivity index (χ4v) is 4.79. The fourth-order valence-electron chi connectivity index (χ4n) is 4.79. The summed E-state index contributed by atoms with van der Waals surface area (Å²) in [6.45, 7) is 12.9. The summed E-state index contributed by atoms with van der Waals surface area (Å²) in [7, 11) is 0. The highest BCUT2D eigenvalue weighted by atomic mass is 15.5. The molecular formula is C31H38N4. The number of hydrazone groups is 1. The Morgan fingerprint density at radius 2 is 1.26 bits per heavy atom. The van der Waals surface area contributed by atoms with E-state index in [1.165, 1.54) is 22.5 Å². The van der Waals surface area contributed by atoms with Crippen molar-refractivity contribution < 1.29 is 0 Å². The summed E-state index contributed by atoms with van der Waals surface area (Å²) >= 11 is 0. The molecule has 0 aromatic heterocycles. The molecule has 0 spiro atoms. The van der Waals surface area contributed by atoms with Crippen LogP contribution in [0.1, 0.15) is 51.3 Å². The van der Waals surface area contributed by atoms with Crippen LogP contribution < -0.4 is 14.8 Å². The molecule has 182 valence electrons. The Bertz CT molecular complexity index is 1110. The molecule has 0 fully saturated rings. The van der Waals surface area contributed by atoms with Crippen molar-refractivity contribution in [2.75, 3.05) is 41.0 Å². The van der Waals surface area contributed by atoms with Gasteiger partial charge in [-0.2, -0.15) is 5.10 Å². The summed E-state index contributed by atoms with van der Waals surface area (Å²) in [6, 6.07) is 28.5. The van der Waals surface area contributed by atoms with E-state index in [1.54, 1.807) is 0 Å². The van der Waals surface area contributed by atoms with E-state index in [9.17, 15) is 0 Å². The summed E-state index contributed by atoms with van der Waals surface area (Å²) in [6.07, 6.45) is 5.24. The van der Waals surface area contributed by atoms with Gasteiger partial charge in [0.2, 0.25) is 0 Å². The number of benzene rings is 3. The van der Waals surface area contributed by atoms with Gasteiger partial charge in [-0.3, -0.25) is 5.01 Å². The Morgan fingerprint density at radius 1 is 0.714 bits per heavy atom. The normalized spacial score (nSPS) is 15.5. The molecule has 1 aliphatic heterocycles. The highest BCUT2D eigenvalue weighted by Crippen LogP contribution is 2.36. The van der Waals surface area contributed by atoms with Crippen molar-refractivity contribution in [1.82, 2.24) is 0 Å². The average Bonchev–Trinajstić information content (AvgIpc) is 3.35. The number of anilines is 3. The monoisotopic (exact) mass is 466 g/mol.